The molecular formula is C27H29N3O4. The number of hydrogen-bond donors (Lipinski definition) is 1. The first-order valence-electron chi connectivity index (χ1n) is 11.9. The summed E-state index contributed by atoms with van der Waals surface area (Å²) in [4.78, 5) is 46.0. The number of H-pyrrole nitrogens is 1. The van der Waals surface area contributed by atoms with Gasteiger partial charge in [-0.15, -0.1) is 0 Å². The molecule has 176 valence electrons. The predicted octanol–water partition coefficient (Wildman–Crippen LogP) is 3.83. The fourth-order valence-corrected chi connectivity index (χ4v) is 5.33. The van der Waals surface area contributed by atoms with E-state index in [0.29, 0.717) is 18.5 Å². The molecule has 2 aliphatic heterocycles. The molecule has 2 amide bonds. The second-order valence-corrected chi connectivity index (χ2v) is 9.07. The van der Waals surface area contributed by atoms with Crippen LogP contribution in [0.2, 0.25) is 0 Å². The third-order valence-electron chi connectivity index (χ3n) is 7.02. The van der Waals surface area contributed by atoms with E-state index in [2.05, 4.69) is 18.0 Å². The number of unbranched alkanes of at least 4 members (excludes halogenated alkanes) is 2. The average molecular weight is 460 g/mol. The van der Waals surface area contributed by atoms with Gasteiger partial charge in [-0.2, -0.15) is 0 Å². The Balaban J connectivity index is 1.59. The van der Waals surface area contributed by atoms with E-state index in [9.17, 15) is 14.4 Å². The molecule has 7 heteroatoms. The maximum Gasteiger partial charge on any atom is 0.337 e. The quantitative estimate of drug-likeness (QED) is 0.449. The summed E-state index contributed by atoms with van der Waals surface area (Å²) in [6.07, 6.45) is 3.49. The number of hydrogen-bond acceptors (Lipinski definition) is 4. The van der Waals surface area contributed by atoms with Crippen molar-refractivity contribution in [2.75, 3.05) is 20.2 Å². The van der Waals surface area contributed by atoms with Crippen LogP contribution in [-0.4, -0.2) is 58.8 Å². The number of piperazine rings is 1. The van der Waals surface area contributed by atoms with Crippen molar-refractivity contribution in [1.82, 2.24) is 14.8 Å². The molecule has 1 saturated heterocycles. The second-order valence-electron chi connectivity index (χ2n) is 9.07. The highest BCUT2D eigenvalue weighted by Gasteiger charge is 2.48. The third kappa shape index (κ3) is 3.65. The molecule has 7 nitrogen and oxygen atoms in total. The topological polar surface area (TPSA) is 82.7 Å². The monoisotopic (exact) mass is 459 g/mol. The number of fused-ring (bicyclic) bond motifs is 4. The summed E-state index contributed by atoms with van der Waals surface area (Å²) in [5.41, 5.74) is 4.30. The Morgan fingerprint density at radius 1 is 1.09 bits per heavy atom. The maximum atomic E-state index is 13.6. The van der Waals surface area contributed by atoms with E-state index in [-0.39, 0.29) is 18.4 Å². The lowest BCUT2D eigenvalue weighted by Crippen LogP contribution is -2.63. The molecule has 0 bridgehead atoms. The number of rotatable bonds is 6. The number of esters is 1. The lowest BCUT2D eigenvalue weighted by molar-refractivity contribution is -0.158. The number of carbonyl (C=O) groups is 3. The molecule has 34 heavy (non-hydrogen) atoms. The van der Waals surface area contributed by atoms with Crippen LogP contribution in [0.3, 0.4) is 0 Å². The van der Waals surface area contributed by atoms with Crippen molar-refractivity contribution < 1.29 is 19.1 Å². The van der Waals surface area contributed by atoms with Gasteiger partial charge in [0, 0.05) is 29.6 Å². The number of para-hydroxylation sites is 1. The van der Waals surface area contributed by atoms with Crippen LogP contribution in [0.5, 0.6) is 0 Å². The van der Waals surface area contributed by atoms with E-state index in [1.165, 1.54) is 7.11 Å². The van der Waals surface area contributed by atoms with Crippen molar-refractivity contribution in [2.24, 2.45) is 0 Å². The first kappa shape index (κ1) is 22.2. The van der Waals surface area contributed by atoms with Crippen LogP contribution in [-0.2, 0) is 20.7 Å². The van der Waals surface area contributed by atoms with Gasteiger partial charge in [0.1, 0.15) is 6.04 Å². The van der Waals surface area contributed by atoms with Gasteiger partial charge in [0.25, 0.3) is 0 Å². The van der Waals surface area contributed by atoms with Crippen molar-refractivity contribution in [1.29, 1.82) is 0 Å². The molecule has 0 spiro atoms. The number of aromatic nitrogens is 1. The molecule has 0 saturated carbocycles. The van der Waals surface area contributed by atoms with Crippen molar-refractivity contribution in [2.45, 2.75) is 44.7 Å². The van der Waals surface area contributed by atoms with E-state index < -0.39 is 18.1 Å². The molecule has 0 aliphatic carbocycles. The van der Waals surface area contributed by atoms with E-state index in [0.717, 1.165) is 47.0 Å². The highest BCUT2D eigenvalue weighted by atomic mass is 16.5. The Bertz CT molecular complexity index is 1250. The third-order valence-corrected chi connectivity index (χ3v) is 7.02. The minimum Gasteiger partial charge on any atom is -0.465 e. The maximum absolute atomic E-state index is 13.6. The summed E-state index contributed by atoms with van der Waals surface area (Å²) in [6.45, 7) is 2.84. The smallest absolute Gasteiger partial charge is 0.337 e. The van der Waals surface area contributed by atoms with Gasteiger partial charge < -0.3 is 19.5 Å². The van der Waals surface area contributed by atoms with Crippen LogP contribution >= 0.6 is 0 Å². The summed E-state index contributed by atoms with van der Waals surface area (Å²) >= 11 is 0. The van der Waals surface area contributed by atoms with Gasteiger partial charge in [-0.3, -0.25) is 9.59 Å². The number of nitrogens with one attached hydrogen (secondary N) is 1. The van der Waals surface area contributed by atoms with Crippen LogP contribution in [0.4, 0.5) is 0 Å². The lowest BCUT2D eigenvalue weighted by Gasteiger charge is -2.47. The van der Waals surface area contributed by atoms with Crippen LogP contribution in [0.25, 0.3) is 10.9 Å². The van der Waals surface area contributed by atoms with Crippen LogP contribution in [0.1, 0.15) is 59.4 Å². The van der Waals surface area contributed by atoms with E-state index in [4.69, 9.17) is 4.74 Å². The van der Waals surface area contributed by atoms with Crippen molar-refractivity contribution in [3.05, 3.63) is 70.9 Å². The lowest BCUT2D eigenvalue weighted by atomic mass is 9.86. The van der Waals surface area contributed by atoms with Gasteiger partial charge >= 0.3 is 5.97 Å². The van der Waals surface area contributed by atoms with E-state index >= 15 is 0 Å². The molecule has 2 aromatic carbocycles. The summed E-state index contributed by atoms with van der Waals surface area (Å²) < 4.78 is 4.83. The summed E-state index contributed by atoms with van der Waals surface area (Å²) in [5.74, 6) is -0.443. The fourth-order valence-electron chi connectivity index (χ4n) is 5.33. The molecule has 3 heterocycles. The number of nitrogens with zero attached hydrogens (tertiary/aromatic N) is 2. The molecule has 0 radical (unpaired) electrons. The van der Waals surface area contributed by atoms with Crippen LogP contribution in [0.15, 0.2) is 48.5 Å². The van der Waals surface area contributed by atoms with Gasteiger partial charge in [-0.05, 0) is 35.7 Å². The first-order valence-corrected chi connectivity index (χ1v) is 11.9. The highest BCUT2D eigenvalue weighted by Crippen LogP contribution is 2.42. The highest BCUT2D eigenvalue weighted by molar-refractivity contribution is 5.97. The van der Waals surface area contributed by atoms with Gasteiger partial charge in [-0.25, -0.2) is 4.79 Å². The van der Waals surface area contributed by atoms with Crippen molar-refractivity contribution >= 4 is 28.7 Å². The van der Waals surface area contributed by atoms with Gasteiger partial charge in [0.2, 0.25) is 11.8 Å². The Kier molecular flexibility index (Phi) is 5.86. The zero-order chi connectivity index (χ0) is 23.8. The van der Waals surface area contributed by atoms with Crippen molar-refractivity contribution in [3.8, 4) is 0 Å². The van der Waals surface area contributed by atoms with Crippen LogP contribution < -0.4 is 0 Å². The SMILES string of the molecule is CCCCCN1CC(=O)N2C(c3ccc(C(=O)OC)cc3)c3[nH]c4ccccc4c3C[C@@H]2C1=O. The minimum absolute atomic E-state index is 0.0165. The number of ether oxygens (including phenoxy) is 1. The Hall–Kier alpha value is -3.61. The van der Waals surface area contributed by atoms with Crippen LogP contribution in [0, 0.1) is 0 Å². The molecule has 2 aliphatic rings. The zero-order valence-electron chi connectivity index (χ0n) is 19.5. The van der Waals surface area contributed by atoms with Gasteiger partial charge in [0.15, 0.2) is 0 Å². The Morgan fingerprint density at radius 3 is 2.59 bits per heavy atom. The zero-order valence-corrected chi connectivity index (χ0v) is 19.5. The average Bonchev–Trinajstić information content (AvgIpc) is 3.24. The molecule has 3 aromatic rings. The van der Waals surface area contributed by atoms with Crippen molar-refractivity contribution in [3.63, 3.8) is 0 Å². The molecule has 1 fully saturated rings. The molecule has 1 unspecified atom stereocenters. The number of aromatic amines is 1. The number of methoxy groups -OCH3 is 1. The normalized spacial score (nSPS) is 19.8. The van der Waals surface area contributed by atoms with Gasteiger partial charge in [-0.1, -0.05) is 50.1 Å². The minimum atomic E-state index is -0.542. The summed E-state index contributed by atoms with van der Waals surface area (Å²) in [7, 11) is 1.35. The first-order chi connectivity index (χ1) is 16.5. The molecule has 1 N–H and O–H groups in total. The number of carbonyl (C=O) groups excluding carboxylic acids is 3. The number of benzene rings is 2. The van der Waals surface area contributed by atoms with E-state index in [1.54, 1.807) is 21.9 Å². The summed E-state index contributed by atoms with van der Waals surface area (Å²) in [5, 5.41) is 1.08. The molecular weight excluding hydrogens is 430 g/mol. The largest absolute Gasteiger partial charge is 0.465 e. The van der Waals surface area contributed by atoms with Gasteiger partial charge in [0.05, 0.1) is 25.3 Å². The molecule has 1 aromatic heterocycles. The number of amides is 2. The molecule has 2 atom stereocenters. The fraction of sp³-hybridized carbons (Fsp3) is 0.370. The second kappa shape index (κ2) is 8.97. The Labute approximate surface area is 198 Å². The molecule has 5 rings (SSSR count). The van der Waals surface area contributed by atoms with E-state index in [1.807, 2.05) is 30.3 Å². The summed E-state index contributed by atoms with van der Waals surface area (Å²) in [6, 6.07) is 14.2. The standard InChI is InChI=1S/C27H29N3O4/c1-3-4-7-14-29-16-23(31)30-22(26(29)32)15-20-19-8-5-6-9-21(19)28-24(20)25(30)17-10-12-18(13-11-17)27(33)34-2/h5-6,8-13,22,25,28H,3-4,7,14-16H2,1-2H3/t22-,25?/m1/s1. The Morgan fingerprint density at radius 2 is 1.85 bits per heavy atom. The predicted molar refractivity (Wildman–Crippen MR) is 128 cm³/mol.